The Morgan fingerprint density at radius 1 is 1.32 bits per heavy atom. The predicted octanol–water partition coefficient (Wildman–Crippen LogP) is 3.75. The summed E-state index contributed by atoms with van der Waals surface area (Å²) in [5.41, 5.74) is 15.6. The molecule has 2 aromatic rings. The van der Waals surface area contributed by atoms with E-state index < -0.39 is 10.0 Å². The van der Waals surface area contributed by atoms with Crippen LogP contribution in [0.1, 0.15) is 43.2 Å². The maximum absolute atomic E-state index is 7.88. The van der Waals surface area contributed by atoms with Crippen molar-refractivity contribution in [2.75, 3.05) is 24.3 Å². The number of amidine groups is 1. The molecule has 5 heteroatoms. The van der Waals surface area contributed by atoms with Gasteiger partial charge in [-0.25, -0.2) is 0 Å². The van der Waals surface area contributed by atoms with Crippen LogP contribution in [0.2, 0.25) is 0 Å². The molecule has 4 nitrogen and oxygen atoms in total. The van der Waals surface area contributed by atoms with E-state index in [1.54, 1.807) is 0 Å². The van der Waals surface area contributed by atoms with Crippen LogP contribution in [0, 0.1) is 11.3 Å². The minimum atomic E-state index is -1.05. The van der Waals surface area contributed by atoms with E-state index in [-0.39, 0.29) is 0 Å². The zero-order chi connectivity index (χ0) is 18.2. The third-order valence-corrected chi connectivity index (χ3v) is 8.96. The van der Waals surface area contributed by atoms with Crippen LogP contribution in [0.15, 0.2) is 30.5 Å². The topological polar surface area (TPSA) is 88.8 Å². The Labute approximate surface area is 152 Å². The van der Waals surface area contributed by atoms with Crippen molar-refractivity contribution in [3.8, 4) is 0 Å². The van der Waals surface area contributed by atoms with Crippen molar-refractivity contribution in [1.82, 2.24) is 4.98 Å². The smallest absolute Gasteiger partial charge is 0.133 e. The molecule has 1 saturated heterocycles. The monoisotopic (exact) mass is 358 g/mol. The van der Waals surface area contributed by atoms with Crippen LogP contribution in [0.5, 0.6) is 0 Å². The fourth-order valence-corrected chi connectivity index (χ4v) is 6.51. The van der Waals surface area contributed by atoms with E-state index >= 15 is 0 Å². The van der Waals surface area contributed by atoms with Crippen molar-refractivity contribution in [2.45, 2.75) is 32.1 Å². The van der Waals surface area contributed by atoms with Gasteiger partial charge >= 0.3 is 0 Å². The normalized spacial score (nSPS) is 27.9. The summed E-state index contributed by atoms with van der Waals surface area (Å²) >= 11 is 0. The van der Waals surface area contributed by atoms with Crippen molar-refractivity contribution in [1.29, 1.82) is 5.41 Å². The van der Waals surface area contributed by atoms with E-state index in [1.807, 2.05) is 12.3 Å². The van der Waals surface area contributed by atoms with Gasteiger partial charge in [-0.2, -0.15) is 10.0 Å². The largest absolute Gasteiger partial charge is 0.380 e. The molecule has 0 radical (unpaired) electrons. The van der Waals surface area contributed by atoms with Gasteiger partial charge in [-0.3, -0.25) is 10.4 Å². The number of nitrogens with two attached hydrogens (primary N) is 2. The number of rotatable bonds is 5. The zero-order valence-corrected chi connectivity index (χ0v) is 16.3. The first-order chi connectivity index (χ1) is 11.9. The molecular formula is C20H30N4S. The van der Waals surface area contributed by atoms with Crippen LogP contribution in [-0.2, 0) is 0 Å². The fraction of sp³-hybridized carbons (Fsp3) is 0.500. The lowest BCUT2D eigenvalue weighted by atomic mass is 9.82. The first kappa shape index (κ1) is 18.2. The predicted molar refractivity (Wildman–Crippen MR) is 111 cm³/mol. The Balaban J connectivity index is 2.01. The van der Waals surface area contributed by atoms with Gasteiger partial charge < -0.3 is 11.5 Å². The third-order valence-electron chi connectivity index (χ3n) is 5.62. The van der Waals surface area contributed by atoms with Crippen LogP contribution in [-0.4, -0.2) is 34.5 Å². The molecule has 25 heavy (non-hydrogen) atoms. The summed E-state index contributed by atoms with van der Waals surface area (Å²) in [4.78, 5) is 4.55. The fourth-order valence-electron chi connectivity index (χ4n) is 4.11. The van der Waals surface area contributed by atoms with Gasteiger partial charge in [0, 0.05) is 17.5 Å². The molecule has 2 unspecified atom stereocenters. The minimum absolute atomic E-state index is 0.401. The zero-order valence-electron chi connectivity index (χ0n) is 15.5. The number of nitrogens with zero attached hydrogens (tertiary/aromatic N) is 1. The van der Waals surface area contributed by atoms with E-state index in [4.69, 9.17) is 16.9 Å². The van der Waals surface area contributed by atoms with Crippen molar-refractivity contribution in [3.63, 3.8) is 0 Å². The Morgan fingerprint density at radius 2 is 2.04 bits per heavy atom. The first-order valence-corrected chi connectivity index (χ1v) is 11.4. The number of nitrogens with one attached hydrogen (secondary N) is 1. The van der Waals surface area contributed by atoms with Gasteiger partial charge in [0.2, 0.25) is 0 Å². The van der Waals surface area contributed by atoms with Crippen molar-refractivity contribution in [2.24, 2.45) is 17.4 Å². The van der Waals surface area contributed by atoms with E-state index in [9.17, 15) is 0 Å². The second-order valence-corrected chi connectivity index (χ2v) is 11.4. The molecule has 1 aromatic heterocycles. The molecule has 136 valence electrons. The van der Waals surface area contributed by atoms with E-state index in [0.717, 1.165) is 30.0 Å². The van der Waals surface area contributed by atoms with Crippen LogP contribution in [0.25, 0.3) is 10.9 Å². The second kappa shape index (κ2) is 6.96. The molecule has 1 fully saturated rings. The Hall–Kier alpha value is -1.59. The Morgan fingerprint density at radius 3 is 2.68 bits per heavy atom. The van der Waals surface area contributed by atoms with Crippen molar-refractivity contribution in [3.05, 3.63) is 41.6 Å². The third kappa shape index (κ3) is 3.40. The average Bonchev–Trinajstić information content (AvgIpc) is 2.57. The molecular weight excluding hydrogens is 328 g/mol. The lowest BCUT2D eigenvalue weighted by Gasteiger charge is -2.50. The van der Waals surface area contributed by atoms with Gasteiger partial charge in [0.05, 0.1) is 5.52 Å². The summed E-state index contributed by atoms with van der Waals surface area (Å²) < 4.78 is 0. The summed E-state index contributed by atoms with van der Waals surface area (Å²) in [6.45, 7) is 5.26. The van der Waals surface area contributed by atoms with Crippen molar-refractivity contribution < 1.29 is 0 Å². The summed E-state index contributed by atoms with van der Waals surface area (Å²) in [6, 6.07) is 8.63. The summed E-state index contributed by atoms with van der Waals surface area (Å²) in [7, 11) is -1.05. The van der Waals surface area contributed by atoms with Crippen molar-refractivity contribution >= 4 is 26.1 Å². The number of fused-ring (bicyclic) bond motifs is 1. The van der Waals surface area contributed by atoms with Crippen LogP contribution in [0.4, 0.5) is 0 Å². The molecule has 2 heterocycles. The number of benzene rings is 1. The van der Waals surface area contributed by atoms with Gasteiger partial charge in [-0.1, -0.05) is 26.0 Å². The maximum Gasteiger partial charge on any atom is 0.133 e. The highest BCUT2D eigenvalue weighted by Gasteiger charge is 2.40. The van der Waals surface area contributed by atoms with E-state index in [0.29, 0.717) is 22.9 Å². The number of pyridine rings is 1. The molecule has 3 rings (SSSR count). The summed E-state index contributed by atoms with van der Waals surface area (Å²) in [5.74, 6) is 3.55. The lowest BCUT2D eigenvalue weighted by Crippen LogP contribution is -2.39. The molecule has 1 aliphatic rings. The molecule has 0 spiro atoms. The van der Waals surface area contributed by atoms with E-state index in [1.165, 1.54) is 16.5 Å². The van der Waals surface area contributed by atoms with Gasteiger partial charge in [-0.15, -0.1) is 0 Å². The molecule has 1 aliphatic heterocycles. The Kier molecular flexibility index (Phi) is 5.07. The van der Waals surface area contributed by atoms with E-state index in [2.05, 4.69) is 43.3 Å². The molecule has 0 bridgehead atoms. The molecule has 0 aliphatic carbocycles. The Bertz CT molecular complexity index is 782. The van der Waals surface area contributed by atoms with Gasteiger partial charge in [-0.05, 0) is 65.8 Å². The standard InChI is InChI=1S/C20H30N4S/c1-13(10-21)9-14(2)19-16(15-11-25(3,12-15)20(22)23)6-7-18-17(19)5-4-8-24-18/h4-8,13-15H,9-12,21H2,1-3H3,(H3,22,23). The summed E-state index contributed by atoms with van der Waals surface area (Å²) in [5, 5.41) is 9.55. The van der Waals surface area contributed by atoms with Crippen LogP contribution < -0.4 is 11.5 Å². The van der Waals surface area contributed by atoms with Gasteiger partial charge in [0.25, 0.3) is 0 Å². The molecule has 0 saturated carbocycles. The number of hydrogen-bond donors (Lipinski definition) is 3. The highest BCUT2D eigenvalue weighted by atomic mass is 32.3. The minimum Gasteiger partial charge on any atom is -0.380 e. The summed E-state index contributed by atoms with van der Waals surface area (Å²) in [6.07, 6.45) is 5.13. The lowest BCUT2D eigenvalue weighted by molar-refractivity contribution is 0.492. The van der Waals surface area contributed by atoms with Gasteiger partial charge in [0.1, 0.15) is 5.17 Å². The molecule has 0 amide bonds. The SMILES string of the molecule is CC(CN)CC(C)c1c(C2CS(C)(C(=N)N)C2)ccc2ncccc12. The second-order valence-electron chi connectivity index (χ2n) is 7.78. The number of hydrogen-bond acceptors (Lipinski definition) is 3. The van der Waals surface area contributed by atoms with Gasteiger partial charge in [0.15, 0.2) is 0 Å². The maximum atomic E-state index is 7.88. The highest BCUT2D eigenvalue weighted by Crippen LogP contribution is 2.60. The van der Waals surface area contributed by atoms with Crippen LogP contribution >= 0.6 is 10.0 Å². The average molecular weight is 359 g/mol. The quantitative estimate of drug-likeness (QED) is 0.562. The van der Waals surface area contributed by atoms with Crippen LogP contribution in [0.3, 0.4) is 0 Å². The first-order valence-electron chi connectivity index (χ1n) is 9.01. The molecule has 2 atom stereocenters. The molecule has 1 aromatic carbocycles. The molecule has 5 N–H and O–H groups in total. The highest BCUT2D eigenvalue weighted by molar-refractivity contribution is 8.45. The number of aromatic nitrogens is 1.